The smallest absolute Gasteiger partial charge is 0.233 e. The lowest BCUT2D eigenvalue weighted by molar-refractivity contribution is -0.110. The van der Waals surface area contributed by atoms with E-state index in [0.717, 1.165) is 18.4 Å². The second-order valence-corrected chi connectivity index (χ2v) is 4.44. The Bertz CT molecular complexity index is 524. The number of carbonyl (C=O) groups excluding carboxylic acids is 2. The Morgan fingerprint density at radius 2 is 1.56 bits per heavy atom. The SMILES string of the molecule is O=C1C=Cc2cc3c(cc2C1=O)CCCC3. The second-order valence-electron chi connectivity index (χ2n) is 4.44. The molecule has 0 bridgehead atoms. The van der Waals surface area contributed by atoms with Crippen LogP contribution >= 0.6 is 0 Å². The fraction of sp³-hybridized carbons (Fsp3) is 0.286. The molecule has 2 aliphatic rings. The number of fused-ring (bicyclic) bond motifs is 2. The van der Waals surface area contributed by atoms with Gasteiger partial charge in [-0.05, 0) is 54.5 Å². The predicted molar refractivity (Wildman–Crippen MR) is 61.5 cm³/mol. The fourth-order valence-electron chi connectivity index (χ4n) is 2.51. The summed E-state index contributed by atoms with van der Waals surface area (Å²) in [5.41, 5.74) is 4.09. The predicted octanol–water partition coefficient (Wildman–Crippen LogP) is 2.34. The summed E-state index contributed by atoms with van der Waals surface area (Å²) in [7, 11) is 0. The molecule has 1 aromatic rings. The lowest BCUT2D eigenvalue weighted by Crippen LogP contribution is -2.18. The molecule has 16 heavy (non-hydrogen) atoms. The zero-order valence-corrected chi connectivity index (χ0v) is 8.95. The Morgan fingerprint density at radius 1 is 0.875 bits per heavy atom. The van der Waals surface area contributed by atoms with Crippen molar-refractivity contribution in [2.24, 2.45) is 0 Å². The average molecular weight is 212 g/mol. The van der Waals surface area contributed by atoms with E-state index >= 15 is 0 Å². The Kier molecular flexibility index (Phi) is 2.03. The number of benzene rings is 1. The number of aryl methyl sites for hydroxylation is 2. The van der Waals surface area contributed by atoms with Gasteiger partial charge in [0.15, 0.2) is 0 Å². The maximum atomic E-state index is 11.7. The Hall–Kier alpha value is -1.70. The number of Topliss-reactive ketones (excluding diaryl/α,β-unsaturated/α-hetero) is 1. The highest BCUT2D eigenvalue weighted by molar-refractivity contribution is 6.50. The zero-order valence-electron chi connectivity index (χ0n) is 8.95. The van der Waals surface area contributed by atoms with Gasteiger partial charge in [-0.25, -0.2) is 0 Å². The highest BCUT2D eigenvalue weighted by atomic mass is 16.2. The van der Waals surface area contributed by atoms with Crippen molar-refractivity contribution in [3.05, 3.63) is 40.5 Å². The van der Waals surface area contributed by atoms with Crippen molar-refractivity contribution in [2.75, 3.05) is 0 Å². The normalized spacial score (nSPS) is 18.2. The number of hydrogen-bond donors (Lipinski definition) is 0. The Morgan fingerprint density at radius 3 is 2.31 bits per heavy atom. The summed E-state index contributed by atoms with van der Waals surface area (Å²) in [5.74, 6) is -0.755. The van der Waals surface area contributed by atoms with Crippen LogP contribution in [0.15, 0.2) is 18.2 Å². The van der Waals surface area contributed by atoms with Crippen LogP contribution in [0, 0.1) is 0 Å². The third-order valence-corrected chi connectivity index (χ3v) is 3.40. The van der Waals surface area contributed by atoms with Crippen LogP contribution in [-0.4, -0.2) is 11.6 Å². The van der Waals surface area contributed by atoms with Crippen LogP contribution < -0.4 is 0 Å². The molecule has 0 saturated carbocycles. The van der Waals surface area contributed by atoms with Crippen LogP contribution in [0.4, 0.5) is 0 Å². The van der Waals surface area contributed by atoms with E-state index in [-0.39, 0.29) is 5.78 Å². The molecule has 2 aliphatic carbocycles. The van der Waals surface area contributed by atoms with Crippen LogP contribution in [0.5, 0.6) is 0 Å². The molecule has 0 unspecified atom stereocenters. The molecule has 0 heterocycles. The lowest BCUT2D eigenvalue weighted by atomic mass is 9.85. The Labute approximate surface area is 94.0 Å². The van der Waals surface area contributed by atoms with E-state index in [9.17, 15) is 9.59 Å². The van der Waals surface area contributed by atoms with Gasteiger partial charge in [-0.2, -0.15) is 0 Å². The summed E-state index contributed by atoms with van der Waals surface area (Å²) < 4.78 is 0. The summed E-state index contributed by atoms with van der Waals surface area (Å²) >= 11 is 0. The molecule has 0 atom stereocenters. The van der Waals surface area contributed by atoms with Crippen LogP contribution in [0.3, 0.4) is 0 Å². The molecule has 0 fully saturated rings. The quantitative estimate of drug-likeness (QED) is 0.618. The highest BCUT2D eigenvalue weighted by Gasteiger charge is 2.23. The summed E-state index contributed by atoms with van der Waals surface area (Å²) in [6, 6.07) is 4.00. The fourth-order valence-corrected chi connectivity index (χ4v) is 2.51. The molecule has 80 valence electrons. The van der Waals surface area contributed by atoms with Gasteiger partial charge in [0.1, 0.15) is 0 Å². The van der Waals surface area contributed by atoms with Crippen molar-refractivity contribution in [1.29, 1.82) is 0 Å². The standard InChI is InChI=1S/C14H12O2/c15-13-6-5-11-7-9-3-1-2-4-10(9)8-12(11)14(13)16/h5-8H,1-4H2. The van der Waals surface area contributed by atoms with Gasteiger partial charge >= 0.3 is 0 Å². The van der Waals surface area contributed by atoms with Crippen molar-refractivity contribution in [3.8, 4) is 0 Å². The first kappa shape index (κ1) is 9.52. The van der Waals surface area contributed by atoms with E-state index in [1.54, 1.807) is 6.08 Å². The van der Waals surface area contributed by atoms with Gasteiger partial charge in [0.25, 0.3) is 0 Å². The molecular weight excluding hydrogens is 200 g/mol. The zero-order chi connectivity index (χ0) is 11.1. The number of carbonyl (C=O) groups is 2. The molecule has 2 heteroatoms. The first-order chi connectivity index (χ1) is 7.75. The Balaban J connectivity index is 2.19. The second kappa shape index (κ2) is 3.41. The maximum absolute atomic E-state index is 11.7. The van der Waals surface area contributed by atoms with Crippen molar-refractivity contribution < 1.29 is 9.59 Å². The topological polar surface area (TPSA) is 34.1 Å². The molecule has 3 rings (SSSR count). The van der Waals surface area contributed by atoms with Gasteiger partial charge < -0.3 is 0 Å². The maximum Gasteiger partial charge on any atom is 0.233 e. The molecule has 0 spiro atoms. The number of allylic oxidation sites excluding steroid dienone is 1. The van der Waals surface area contributed by atoms with E-state index in [1.807, 2.05) is 6.07 Å². The van der Waals surface area contributed by atoms with Gasteiger partial charge in [-0.15, -0.1) is 0 Å². The molecule has 0 N–H and O–H groups in total. The van der Waals surface area contributed by atoms with Gasteiger partial charge in [-0.3, -0.25) is 9.59 Å². The first-order valence-electron chi connectivity index (χ1n) is 5.68. The minimum atomic E-state index is -0.400. The van der Waals surface area contributed by atoms with Crippen LogP contribution in [0.2, 0.25) is 0 Å². The van der Waals surface area contributed by atoms with E-state index in [4.69, 9.17) is 0 Å². The van der Waals surface area contributed by atoms with Crippen molar-refractivity contribution in [3.63, 3.8) is 0 Å². The van der Waals surface area contributed by atoms with E-state index in [1.165, 1.54) is 30.0 Å². The number of hydrogen-bond acceptors (Lipinski definition) is 2. The highest BCUT2D eigenvalue weighted by Crippen LogP contribution is 2.27. The average Bonchev–Trinajstić information content (AvgIpc) is 2.32. The molecule has 0 aromatic heterocycles. The summed E-state index contributed by atoms with van der Waals surface area (Å²) in [6.07, 6.45) is 7.67. The van der Waals surface area contributed by atoms with Gasteiger partial charge in [0.2, 0.25) is 11.6 Å². The third kappa shape index (κ3) is 1.33. The van der Waals surface area contributed by atoms with Gasteiger partial charge in [0, 0.05) is 5.56 Å². The van der Waals surface area contributed by atoms with Crippen LogP contribution in [0.1, 0.15) is 39.9 Å². The van der Waals surface area contributed by atoms with Gasteiger partial charge in [-0.1, -0.05) is 12.1 Å². The molecule has 1 aromatic carbocycles. The summed E-state index contributed by atoms with van der Waals surface area (Å²) in [4.78, 5) is 23.0. The van der Waals surface area contributed by atoms with Crippen LogP contribution in [0.25, 0.3) is 6.08 Å². The molecular formula is C14H12O2. The molecule has 0 aliphatic heterocycles. The molecule has 0 amide bonds. The van der Waals surface area contributed by atoms with E-state index in [0.29, 0.717) is 5.56 Å². The summed E-state index contributed by atoms with van der Waals surface area (Å²) in [6.45, 7) is 0. The summed E-state index contributed by atoms with van der Waals surface area (Å²) in [5, 5.41) is 0. The van der Waals surface area contributed by atoms with Crippen LogP contribution in [-0.2, 0) is 17.6 Å². The van der Waals surface area contributed by atoms with Crippen molar-refractivity contribution >= 4 is 17.6 Å². The molecule has 0 saturated heterocycles. The van der Waals surface area contributed by atoms with Gasteiger partial charge in [0.05, 0.1) is 0 Å². The minimum absolute atomic E-state index is 0.356. The largest absolute Gasteiger partial charge is 0.286 e. The first-order valence-corrected chi connectivity index (χ1v) is 5.68. The van der Waals surface area contributed by atoms with E-state index in [2.05, 4.69) is 6.07 Å². The number of ketones is 2. The lowest BCUT2D eigenvalue weighted by Gasteiger charge is -2.19. The van der Waals surface area contributed by atoms with E-state index < -0.39 is 5.78 Å². The van der Waals surface area contributed by atoms with Crippen molar-refractivity contribution in [2.45, 2.75) is 25.7 Å². The molecule has 0 radical (unpaired) electrons. The molecule has 2 nitrogen and oxygen atoms in total. The monoisotopic (exact) mass is 212 g/mol. The minimum Gasteiger partial charge on any atom is -0.286 e. The third-order valence-electron chi connectivity index (χ3n) is 3.40. The number of rotatable bonds is 0. The van der Waals surface area contributed by atoms with Crippen molar-refractivity contribution in [1.82, 2.24) is 0 Å².